The van der Waals surface area contributed by atoms with Gasteiger partial charge >= 0.3 is 0 Å². The third kappa shape index (κ3) is 1.05. The van der Waals surface area contributed by atoms with Crippen LogP contribution in [0.3, 0.4) is 0 Å². The summed E-state index contributed by atoms with van der Waals surface area (Å²) in [6.45, 7) is 0. The van der Waals surface area contributed by atoms with Crippen molar-refractivity contribution in [2.45, 2.75) is 12.5 Å². The Bertz CT molecular complexity index is 699. The van der Waals surface area contributed by atoms with Gasteiger partial charge in [0.1, 0.15) is 11.8 Å². The molecule has 4 nitrogen and oxygen atoms in total. The molecule has 0 amide bonds. The van der Waals surface area contributed by atoms with E-state index in [0.717, 1.165) is 16.7 Å². The van der Waals surface area contributed by atoms with Gasteiger partial charge in [0.25, 0.3) is 0 Å². The maximum atomic E-state index is 12.3. The van der Waals surface area contributed by atoms with Gasteiger partial charge in [0.15, 0.2) is 5.78 Å². The SMILES string of the molecule is O=C1C=C2C3=CC=NC=CC2=C2C(=O)C(C3)N=C12. The first-order valence-electron chi connectivity index (χ1n) is 5.78. The van der Waals surface area contributed by atoms with Crippen molar-refractivity contribution in [3.63, 3.8) is 0 Å². The van der Waals surface area contributed by atoms with E-state index >= 15 is 0 Å². The highest BCUT2D eigenvalue weighted by atomic mass is 16.1. The maximum Gasteiger partial charge on any atom is 0.205 e. The standard InChI is InChI=1S/C14H8N2O2/c17-11-6-9-7-1-3-15-4-2-8(9)12-13(11)16-10(5-7)14(12)18/h1-4,6,10H,5H2. The van der Waals surface area contributed by atoms with E-state index in [2.05, 4.69) is 9.98 Å². The number of hydrogen-bond donors (Lipinski definition) is 0. The predicted molar refractivity (Wildman–Crippen MR) is 66.7 cm³/mol. The van der Waals surface area contributed by atoms with Crippen LogP contribution >= 0.6 is 0 Å². The Morgan fingerprint density at radius 2 is 2.17 bits per heavy atom. The number of carbonyl (C=O) groups is 2. The molecular formula is C14H8N2O2. The second-order valence-corrected chi connectivity index (χ2v) is 4.58. The average molecular weight is 236 g/mol. The minimum absolute atomic E-state index is 0.0334. The molecule has 0 N–H and O–H groups in total. The summed E-state index contributed by atoms with van der Waals surface area (Å²) in [6, 6.07) is -0.425. The van der Waals surface area contributed by atoms with Gasteiger partial charge in [0, 0.05) is 18.8 Å². The molecule has 5 bridgehead atoms. The Hall–Kier alpha value is -2.36. The Balaban J connectivity index is 2.14. The van der Waals surface area contributed by atoms with Crippen LogP contribution in [0.25, 0.3) is 0 Å². The van der Waals surface area contributed by atoms with Crippen LogP contribution in [0.5, 0.6) is 0 Å². The molecule has 0 radical (unpaired) electrons. The van der Waals surface area contributed by atoms with Gasteiger partial charge in [-0.05, 0) is 34.9 Å². The number of rotatable bonds is 0. The van der Waals surface area contributed by atoms with Crippen LogP contribution in [0.1, 0.15) is 6.42 Å². The monoisotopic (exact) mass is 236 g/mol. The van der Waals surface area contributed by atoms with E-state index in [9.17, 15) is 9.59 Å². The summed E-state index contributed by atoms with van der Waals surface area (Å²) >= 11 is 0. The van der Waals surface area contributed by atoms with Crippen molar-refractivity contribution in [2.24, 2.45) is 9.98 Å². The zero-order valence-corrected chi connectivity index (χ0v) is 9.38. The molecule has 2 heterocycles. The van der Waals surface area contributed by atoms with Gasteiger partial charge in [-0.1, -0.05) is 0 Å². The molecule has 0 spiro atoms. The van der Waals surface area contributed by atoms with Crippen LogP contribution in [0.15, 0.2) is 56.7 Å². The van der Waals surface area contributed by atoms with Crippen molar-refractivity contribution < 1.29 is 9.59 Å². The lowest BCUT2D eigenvalue weighted by molar-refractivity contribution is -0.116. The Labute approximate surface area is 103 Å². The van der Waals surface area contributed by atoms with Crippen LogP contribution < -0.4 is 0 Å². The lowest BCUT2D eigenvalue weighted by atomic mass is 9.85. The highest BCUT2D eigenvalue weighted by Gasteiger charge is 2.43. The predicted octanol–water partition coefficient (Wildman–Crippen LogP) is 1.11. The summed E-state index contributed by atoms with van der Waals surface area (Å²) in [5, 5.41) is 0. The minimum Gasteiger partial charge on any atom is -0.292 e. The number of hydrogen-bond acceptors (Lipinski definition) is 4. The summed E-state index contributed by atoms with van der Waals surface area (Å²) in [7, 11) is 0. The molecule has 2 aliphatic heterocycles. The summed E-state index contributed by atoms with van der Waals surface area (Å²) in [5.41, 5.74) is 3.42. The molecule has 0 saturated carbocycles. The summed E-state index contributed by atoms with van der Waals surface area (Å²) in [6.07, 6.45) is 9.11. The number of allylic oxidation sites excluding steroid dienone is 5. The number of ketones is 2. The zero-order valence-electron chi connectivity index (χ0n) is 9.38. The first-order chi connectivity index (χ1) is 8.75. The van der Waals surface area contributed by atoms with Gasteiger partial charge in [-0.3, -0.25) is 19.6 Å². The molecule has 1 unspecified atom stereocenters. The molecule has 4 rings (SSSR count). The van der Waals surface area contributed by atoms with E-state index < -0.39 is 6.04 Å². The van der Waals surface area contributed by atoms with Crippen LogP contribution in [0.4, 0.5) is 0 Å². The summed E-state index contributed by atoms with van der Waals surface area (Å²) in [5.74, 6) is -0.190. The number of fused-ring (bicyclic) bond motifs is 1. The lowest BCUT2D eigenvalue weighted by Gasteiger charge is -2.19. The molecule has 4 heteroatoms. The maximum absolute atomic E-state index is 12.3. The van der Waals surface area contributed by atoms with Crippen LogP contribution in [0, 0.1) is 0 Å². The van der Waals surface area contributed by atoms with Gasteiger partial charge in [-0.2, -0.15) is 0 Å². The largest absolute Gasteiger partial charge is 0.292 e. The Morgan fingerprint density at radius 3 is 3.06 bits per heavy atom. The van der Waals surface area contributed by atoms with Crippen molar-refractivity contribution in [1.82, 2.24) is 0 Å². The smallest absolute Gasteiger partial charge is 0.205 e. The molecule has 0 fully saturated rings. The van der Waals surface area contributed by atoms with Gasteiger partial charge in [-0.25, -0.2) is 0 Å². The van der Waals surface area contributed by atoms with Gasteiger partial charge in [0.05, 0.1) is 5.57 Å². The van der Waals surface area contributed by atoms with Crippen molar-refractivity contribution in [2.75, 3.05) is 0 Å². The molecule has 0 aromatic rings. The molecule has 4 aliphatic rings. The second-order valence-electron chi connectivity index (χ2n) is 4.58. The molecule has 18 heavy (non-hydrogen) atoms. The number of aliphatic imine (C=N–C) groups is 2. The molecule has 86 valence electrons. The van der Waals surface area contributed by atoms with Crippen molar-refractivity contribution in [3.05, 3.63) is 46.7 Å². The van der Waals surface area contributed by atoms with E-state index in [1.165, 1.54) is 0 Å². The normalized spacial score (nSPS) is 27.8. The van der Waals surface area contributed by atoms with Crippen molar-refractivity contribution in [3.8, 4) is 0 Å². The zero-order chi connectivity index (χ0) is 12.3. The molecule has 0 aromatic heterocycles. The highest BCUT2D eigenvalue weighted by Crippen LogP contribution is 2.40. The van der Waals surface area contributed by atoms with E-state index in [4.69, 9.17) is 0 Å². The van der Waals surface area contributed by atoms with Gasteiger partial charge in [-0.15, -0.1) is 0 Å². The van der Waals surface area contributed by atoms with Gasteiger partial charge in [0.2, 0.25) is 5.78 Å². The van der Waals surface area contributed by atoms with Crippen molar-refractivity contribution in [1.29, 1.82) is 0 Å². The lowest BCUT2D eigenvalue weighted by Crippen LogP contribution is -2.21. The van der Waals surface area contributed by atoms with Crippen LogP contribution in [-0.4, -0.2) is 29.5 Å². The molecule has 0 aromatic carbocycles. The molecule has 0 saturated heterocycles. The minimum atomic E-state index is -0.425. The average Bonchev–Trinajstić information content (AvgIpc) is 2.58. The fraction of sp³-hybridized carbons (Fsp3) is 0.143. The Morgan fingerprint density at radius 1 is 1.28 bits per heavy atom. The number of carbonyl (C=O) groups excluding carboxylic acids is 2. The Kier molecular flexibility index (Phi) is 1.66. The van der Waals surface area contributed by atoms with E-state index in [-0.39, 0.29) is 11.6 Å². The van der Waals surface area contributed by atoms with Crippen molar-refractivity contribution >= 4 is 23.5 Å². The fourth-order valence-electron chi connectivity index (χ4n) is 2.77. The molecule has 2 aliphatic carbocycles. The first-order valence-corrected chi connectivity index (χ1v) is 5.78. The topological polar surface area (TPSA) is 58.9 Å². The molecule has 1 atom stereocenters. The molecular weight excluding hydrogens is 228 g/mol. The number of Topliss-reactive ketones (excluding diaryl/α,β-unsaturated/α-hetero) is 1. The first kappa shape index (κ1) is 9.65. The summed E-state index contributed by atoms with van der Waals surface area (Å²) in [4.78, 5) is 32.6. The van der Waals surface area contributed by atoms with Crippen LogP contribution in [0.2, 0.25) is 0 Å². The quantitative estimate of drug-likeness (QED) is 0.591. The summed E-state index contributed by atoms with van der Waals surface area (Å²) < 4.78 is 0. The van der Waals surface area contributed by atoms with E-state index in [1.807, 2.05) is 6.08 Å². The number of nitrogens with zero attached hydrogens (tertiary/aromatic N) is 2. The highest BCUT2D eigenvalue weighted by molar-refractivity contribution is 6.59. The third-order valence-electron chi connectivity index (χ3n) is 3.59. The van der Waals surface area contributed by atoms with Gasteiger partial charge < -0.3 is 0 Å². The second kappa shape index (κ2) is 3.10. The third-order valence-corrected chi connectivity index (χ3v) is 3.59. The fourth-order valence-corrected chi connectivity index (χ4v) is 2.77. The van der Waals surface area contributed by atoms with E-state index in [0.29, 0.717) is 17.7 Å². The van der Waals surface area contributed by atoms with E-state index in [1.54, 1.807) is 24.6 Å². The van der Waals surface area contributed by atoms with Crippen LogP contribution in [-0.2, 0) is 9.59 Å².